The lowest BCUT2D eigenvalue weighted by Crippen LogP contribution is -2.54. The number of rotatable bonds is 7. The maximum absolute atomic E-state index is 6.28. The maximum atomic E-state index is 6.28. The highest BCUT2D eigenvalue weighted by atomic mass is 35.5. The minimum Gasteiger partial charge on any atom is -0.350 e. The number of hydrogen-bond acceptors (Lipinski definition) is 3. The fourth-order valence-electron chi connectivity index (χ4n) is 3.47. The molecule has 4 heteroatoms. The molecule has 1 aromatic rings. The van der Waals surface area contributed by atoms with Crippen molar-refractivity contribution in [3.8, 4) is 0 Å². The predicted octanol–water partition coefficient (Wildman–Crippen LogP) is 4.22. The Hall–Kier alpha value is -0.610. The third kappa shape index (κ3) is 4.02. The number of piperidine rings is 1. The smallest absolute Gasteiger partial charge is 0.170 e. The van der Waals surface area contributed by atoms with Crippen molar-refractivity contribution in [1.82, 2.24) is 4.90 Å². The number of alkyl halides is 1. The van der Waals surface area contributed by atoms with Crippen LogP contribution in [0.5, 0.6) is 0 Å². The van der Waals surface area contributed by atoms with E-state index in [2.05, 4.69) is 42.2 Å². The van der Waals surface area contributed by atoms with Gasteiger partial charge in [-0.1, -0.05) is 30.3 Å². The molecule has 124 valence electrons. The molecule has 1 aliphatic heterocycles. The average molecular weight is 326 g/mol. The molecule has 0 amide bonds. The Labute approximate surface area is 139 Å². The number of nitrogens with zero attached hydrogens (tertiary/aromatic N) is 1. The van der Waals surface area contributed by atoms with Crippen molar-refractivity contribution in [2.45, 2.75) is 51.5 Å². The Kier molecular flexibility index (Phi) is 6.69. The van der Waals surface area contributed by atoms with Crippen LogP contribution in [-0.2, 0) is 9.47 Å². The second-order valence-corrected chi connectivity index (χ2v) is 6.17. The van der Waals surface area contributed by atoms with Crippen molar-refractivity contribution < 1.29 is 9.47 Å². The SMILES string of the molecule is CCOC1(OCC)CCN([C@H](C)c2ccccc2)[C@H](CCl)C1. The van der Waals surface area contributed by atoms with Crippen molar-refractivity contribution in [3.05, 3.63) is 35.9 Å². The molecule has 0 radical (unpaired) electrons. The number of likely N-dealkylation sites (tertiary alicyclic amines) is 1. The fraction of sp³-hybridized carbons (Fsp3) is 0.667. The highest BCUT2D eigenvalue weighted by molar-refractivity contribution is 6.18. The first kappa shape index (κ1) is 17.7. The predicted molar refractivity (Wildman–Crippen MR) is 91.3 cm³/mol. The summed E-state index contributed by atoms with van der Waals surface area (Å²) in [4.78, 5) is 2.48. The van der Waals surface area contributed by atoms with E-state index in [-0.39, 0.29) is 6.04 Å². The van der Waals surface area contributed by atoms with Crippen molar-refractivity contribution in [2.75, 3.05) is 25.6 Å². The van der Waals surface area contributed by atoms with E-state index in [1.807, 2.05) is 13.8 Å². The first-order valence-electron chi connectivity index (χ1n) is 8.30. The summed E-state index contributed by atoms with van der Waals surface area (Å²) in [6.07, 6.45) is 1.72. The van der Waals surface area contributed by atoms with E-state index >= 15 is 0 Å². The van der Waals surface area contributed by atoms with Gasteiger partial charge in [0.2, 0.25) is 0 Å². The van der Waals surface area contributed by atoms with Gasteiger partial charge in [-0.15, -0.1) is 11.6 Å². The summed E-state index contributed by atoms with van der Waals surface area (Å²) in [5.41, 5.74) is 1.33. The quantitative estimate of drug-likeness (QED) is 0.553. The molecular weight excluding hydrogens is 298 g/mol. The monoisotopic (exact) mass is 325 g/mol. The molecule has 22 heavy (non-hydrogen) atoms. The zero-order valence-corrected chi connectivity index (χ0v) is 14.7. The number of benzene rings is 1. The highest BCUT2D eigenvalue weighted by Gasteiger charge is 2.42. The second-order valence-electron chi connectivity index (χ2n) is 5.86. The minimum absolute atomic E-state index is 0.267. The standard InChI is InChI=1S/C18H28ClNO2/c1-4-21-18(22-5-2)11-12-20(17(13-18)14-19)15(3)16-9-7-6-8-10-16/h6-10,15,17H,4-5,11-14H2,1-3H3/t15-,17+/m1/s1. The van der Waals surface area contributed by atoms with Crippen LogP contribution < -0.4 is 0 Å². The molecule has 0 aliphatic carbocycles. The summed E-state index contributed by atoms with van der Waals surface area (Å²) >= 11 is 6.28. The van der Waals surface area contributed by atoms with Gasteiger partial charge in [-0.3, -0.25) is 4.90 Å². The third-order valence-electron chi connectivity index (χ3n) is 4.54. The third-order valence-corrected chi connectivity index (χ3v) is 4.90. The Balaban J connectivity index is 2.12. The van der Waals surface area contributed by atoms with Gasteiger partial charge in [0.15, 0.2) is 5.79 Å². The molecule has 1 aromatic carbocycles. The lowest BCUT2D eigenvalue weighted by Gasteiger charge is -2.47. The van der Waals surface area contributed by atoms with Gasteiger partial charge in [0, 0.05) is 50.6 Å². The van der Waals surface area contributed by atoms with Crippen LogP contribution in [-0.4, -0.2) is 42.4 Å². The second kappa shape index (κ2) is 8.30. The van der Waals surface area contributed by atoms with E-state index in [1.165, 1.54) is 5.56 Å². The van der Waals surface area contributed by atoms with Gasteiger partial charge < -0.3 is 9.47 Å². The fourth-order valence-corrected chi connectivity index (χ4v) is 3.75. The summed E-state index contributed by atoms with van der Waals surface area (Å²) in [5.74, 6) is 0.134. The number of ether oxygens (including phenoxy) is 2. The van der Waals surface area contributed by atoms with Gasteiger partial charge >= 0.3 is 0 Å². The van der Waals surface area contributed by atoms with Gasteiger partial charge in [0.05, 0.1) is 0 Å². The summed E-state index contributed by atoms with van der Waals surface area (Å²) in [6, 6.07) is 11.2. The normalized spacial score (nSPS) is 23.4. The zero-order chi connectivity index (χ0) is 16.0. The maximum Gasteiger partial charge on any atom is 0.170 e. The number of hydrogen-bond donors (Lipinski definition) is 0. The van der Waals surface area contributed by atoms with E-state index in [9.17, 15) is 0 Å². The van der Waals surface area contributed by atoms with E-state index < -0.39 is 5.79 Å². The molecule has 0 spiro atoms. The van der Waals surface area contributed by atoms with Crippen LogP contribution in [0.4, 0.5) is 0 Å². The molecule has 2 atom stereocenters. The van der Waals surface area contributed by atoms with E-state index in [1.54, 1.807) is 0 Å². The van der Waals surface area contributed by atoms with Gasteiger partial charge in [-0.05, 0) is 26.3 Å². The van der Waals surface area contributed by atoms with Crippen molar-refractivity contribution in [2.24, 2.45) is 0 Å². The Morgan fingerprint density at radius 2 is 1.86 bits per heavy atom. The molecule has 1 aliphatic rings. The Morgan fingerprint density at radius 1 is 1.23 bits per heavy atom. The summed E-state index contributed by atoms with van der Waals surface area (Å²) < 4.78 is 11.9. The molecular formula is C18H28ClNO2. The van der Waals surface area contributed by atoms with E-state index in [0.29, 0.717) is 25.1 Å². The van der Waals surface area contributed by atoms with Crippen molar-refractivity contribution in [1.29, 1.82) is 0 Å². The van der Waals surface area contributed by atoms with Gasteiger partial charge in [0.1, 0.15) is 0 Å². The zero-order valence-electron chi connectivity index (χ0n) is 13.9. The summed E-state index contributed by atoms with van der Waals surface area (Å²) in [5, 5.41) is 0. The average Bonchev–Trinajstić information content (AvgIpc) is 2.55. The van der Waals surface area contributed by atoms with Crippen LogP contribution in [0, 0.1) is 0 Å². The van der Waals surface area contributed by atoms with Crippen molar-refractivity contribution in [3.63, 3.8) is 0 Å². The first-order valence-corrected chi connectivity index (χ1v) is 8.83. The van der Waals surface area contributed by atoms with E-state index in [4.69, 9.17) is 21.1 Å². The van der Waals surface area contributed by atoms with Gasteiger partial charge in [0.25, 0.3) is 0 Å². The first-order chi connectivity index (χ1) is 10.7. The largest absolute Gasteiger partial charge is 0.350 e. The molecule has 0 unspecified atom stereocenters. The molecule has 1 heterocycles. The molecule has 0 saturated carbocycles. The van der Waals surface area contributed by atoms with Crippen LogP contribution in [0.15, 0.2) is 30.3 Å². The molecule has 1 fully saturated rings. The lowest BCUT2D eigenvalue weighted by atomic mass is 9.93. The topological polar surface area (TPSA) is 21.7 Å². The van der Waals surface area contributed by atoms with Crippen LogP contribution in [0.1, 0.15) is 45.2 Å². The highest BCUT2D eigenvalue weighted by Crippen LogP contribution is 2.36. The van der Waals surface area contributed by atoms with Crippen molar-refractivity contribution >= 4 is 11.6 Å². The minimum atomic E-state index is -0.462. The van der Waals surface area contributed by atoms with Crippen LogP contribution in [0.2, 0.25) is 0 Å². The Bertz CT molecular complexity index is 434. The molecule has 1 saturated heterocycles. The Morgan fingerprint density at radius 3 is 2.41 bits per heavy atom. The van der Waals surface area contributed by atoms with Crippen LogP contribution >= 0.6 is 11.6 Å². The molecule has 0 bridgehead atoms. The number of halogens is 1. The lowest BCUT2D eigenvalue weighted by molar-refractivity contribution is -0.261. The molecule has 0 N–H and O–H groups in total. The van der Waals surface area contributed by atoms with Gasteiger partial charge in [-0.2, -0.15) is 0 Å². The van der Waals surface area contributed by atoms with Gasteiger partial charge in [-0.25, -0.2) is 0 Å². The van der Waals surface area contributed by atoms with Crippen LogP contribution in [0.3, 0.4) is 0 Å². The summed E-state index contributed by atoms with van der Waals surface area (Å²) in [7, 11) is 0. The molecule has 3 nitrogen and oxygen atoms in total. The molecule has 0 aromatic heterocycles. The summed E-state index contributed by atoms with van der Waals surface area (Å²) in [6.45, 7) is 8.58. The molecule has 2 rings (SSSR count). The van der Waals surface area contributed by atoms with E-state index in [0.717, 1.165) is 19.4 Å². The van der Waals surface area contributed by atoms with Crippen LogP contribution in [0.25, 0.3) is 0 Å².